The number of likely N-dealkylation sites (tertiary alicyclic amines) is 3. The van der Waals surface area contributed by atoms with E-state index < -0.39 is 0 Å². The molecule has 6 atom stereocenters. The lowest BCUT2D eigenvalue weighted by molar-refractivity contribution is 0.166. The van der Waals surface area contributed by atoms with Crippen LogP contribution >= 0.6 is 0 Å². The Kier molecular flexibility index (Phi) is 27.9. The summed E-state index contributed by atoms with van der Waals surface area (Å²) in [6.07, 6.45) is 7.96. The van der Waals surface area contributed by atoms with Gasteiger partial charge in [-0.3, -0.25) is 4.90 Å². The molecule has 0 amide bonds. The summed E-state index contributed by atoms with van der Waals surface area (Å²) in [6.45, 7) is 42.5. The molecule has 0 spiro atoms. The van der Waals surface area contributed by atoms with Gasteiger partial charge in [-0.15, -0.1) is 0 Å². The summed E-state index contributed by atoms with van der Waals surface area (Å²) in [7, 11) is 13.2. The predicted molar refractivity (Wildman–Crippen MR) is 250 cm³/mol. The van der Waals surface area contributed by atoms with Crippen molar-refractivity contribution in [1.29, 1.82) is 0 Å². The lowest BCUT2D eigenvalue weighted by Crippen LogP contribution is -2.35. The van der Waals surface area contributed by atoms with E-state index in [0.717, 1.165) is 35.5 Å². The Morgan fingerprint density at radius 3 is 0.891 bits per heavy atom. The molecule has 0 radical (unpaired) electrons. The molecular formula is C49H100N6. The number of piperidine rings is 1. The summed E-state index contributed by atoms with van der Waals surface area (Å²) in [5.74, 6) is 5.56. The molecule has 3 saturated heterocycles. The van der Waals surface area contributed by atoms with Crippen LogP contribution in [0.15, 0.2) is 33.4 Å². The van der Waals surface area contributed by atoms with Crippen molar-refractivity contribution in [2.45, 2.75) is 129 Å². The van der Waals surface area contributed by atoms with E-state index in [0.29, 0.717) is 0 Å². The van der Waals surface area contributed by atoms with Crippen LogP contribution in [0.4, 0.5) is 0 Å². The molecule has 6 heterocycles. The normalized spacial score (nSPS) is 30.4. The minimum absolute atomic E-state index is 0. The van der Waals surface area contributed by atoms with Crippen molar-refractivity contribution in [3.63, 3.8) is 0 Å². The van der Waals surface area contributed by atoms with Gasteiger partial charge in [0.2, 0.25) is 0 Å². The zero-order valence-electron chi connectivity index (χ0n) is 39.9. The highest BCUT2D eigenvalue weighted by atomic mass is 15.1. The first-order chi connectivity index (χ1) is 25.2. The second-order valence-electron chi connectivity index (χ2n) is 19.7. The lowest BCUT2D eigenvalue weighted by Gasteiger charge is -2.32. The zero-order valence-corrected chi connectivity index (χ0v) is 39.9. The van der Waals surface area contributed by atoms with Crippen molar-refractivity contribution in [3.05, 3.63) is 33.4 Å². The lowest BCUT2D eigenvalue weighted by atomic mass is 9.89. The van der Waals surface area contributed by atoms with E-state index in [1.54, 1.807) is 33.4 Å². The molecule has 0 aliphatic carbocycles. The van der Waals surface area contributed by atoms with E-state index in [1.165, 1.54) is 117 Å². The summed E-state index contributed by atoms with van der Waals surface area (Å²) in [5.41, 5.74) is 9.45. The first-order valence-electron chi connectivity index (χ1n) is 22.3. The largest absolute Gasteiger partial charge is 0.306 e. The van der Waals surface area contributed by atoms with Gasteiger partial charge in [0.25, 0.3) is 0 Å². The maximum Gasteiger partial charge on any atom is 0.0193 e. The van der Waals surface area contributed by atoms with Crippen LogP contribution in [-0.4, -0.2) is 150 Å². The van der Waals surface area contributed by atoms with Crippen LogP contribution in [0.1, 0.15) is 129 Å². The topological polar surface area (TPSA) is 19.4 Å². The van der Waals surface area contributed by atoms with Crippen LogP contribution in [0.2, 0.25) is 0 Å². The smallest absolute Gasteiger partial charge is 0.0193 e. The number of hydrogen-bond donors (Lipinski definition) is 0. The maximum absolute atomic E-state index is 2.44. The summed E-state index contributed by atoms with van der Waals surface area (Å²) in [4.78, 5) is 14.4. The molecule has 6 aliphatic heterocycles. The molecule has 6 aliphatic rings. The van der Waals surface area contributed by atoms with Crippen LogP contribution in [-0.2, 0) is 0 Å². The summed E-state index contributed by atoms with van der Waals surface area (Å²) >= 11 is 0. The van der Waals surface area contributed by atoms with E-state index >= 15 is 0 Å². The van der Waals surface area contributed by atoms with Gasteiger partial charge in [0.1, 0.15) is 0 Å². The summed E-state index contributed by atoms with van der Waals surface area (Å²) < 4.78 is 0. The fourth-order valence-corrected chi connectivity index (χ4v) is 8.00. The van der Waals surface area contributed by atoms with E-state index in [2.05, 4.69) is 155 Å². The van der Waals surface area contributed by atoms with Gasteiger partial charge in [0.15, 0.2) is 0 Å². The third kappa shape index (κ3) is 23.2. The fourth-order valence-electron chi connectivity index (χ4n) is 8.00. The standard InChI is InChI=1S/C9H19N.C9H17N.C8H17N.C8H15N.C7H15N.C7H13N.CH4/c2*1-8-4-6-10(3)7-5-9(8)2;2*1-7-4-5-9(3)6-8(7)2;2*1-6-4-8(3)5-7(6)2;/h8-9H,4-7H2,1-3H3;4-7H2,1-3H3;7-8H,4-6H2,1-3H3;4-6H2,1-3H3;6-7H,4-5H2,1-3H3;4-5H2,1-3H3;1H4. The van der Waals surface area contributed by atoms with Crippen LogP contribution in [0.3, 0.4) is 0 Å². The van der Waals surface area contributed by atoms with E-state index in [1.807, 2.05) is 0 Å². The van der Waals surface area contributed by atoms with Gasteiger partial charge < -0.3 is 24.5 Å². The number of nitrogens with zero attached hydrogens (tertiary/aromatic N) is 6. The quantitative estimate of drug-likeness (QED) is 0.227. The molecule has 6 nitrogen and oxygen atoms in total. The van der Waals surface area contributed by atoms with Crippen LogP contribution in [0.5, 0.6) is 0 Å². The van der Waals surface area contributed by atoms with Crippen LogP contribution < -0.4 is 0 Å². The molecule has 0 bridgehead atoms. The second-order valence-corrected chi connectivity index (χ2v) is 19.7. The average molecular weight is 773 g/mol. The Labute approximate surface area is 347 Å². The monoisotopic (exact) mass is 773 g/mol. The molecule has 326 valence electrons. The zero-order chi connectivity index (χ0) is 41.1. The van der Waals surface area contributed by atoms with Crippen molar-refractivity contribution in [1.82, 2.24) is 29.4 Å². The van der Waals surface area contributed by atoms with E-state index in [-0.39, 0.29) is 7.43 Å². The van der Waals surface area contributed by atoms with Crippen molar-refractivity contribution >= 4 is 0 Å². The highest BCUT2D eigenvalue weighted by Crippen LogP contribution is 2.23. The minimum Gasteiger partial charge on any atom is -0.306 e. The second kappa shape index (κ2) is 28.4. The van der Waals surface area contributed by atoms with Gasteiger partial charge in [-0.25, -0.2) is 0 Å². The average Bonchev–Trinajstić information content (AvgIpc) is 3.46. The van der Waals surface area contributed by atoms with E-state index in [9.17, 15) is 0 Å². The number of likely N-dealkylation sites (N-methyl/N-ethyl adjacent to an activating group) is 2. The number of rotatable bonds is 0. The van der Waals surface area contributed by atoms with Gasteiger partial charge in [-0.1, -0.05) is 82.4 Å². The molecule has 6 unspecified atom stereocenters. The van der Waals surface area contributed by atoms with Crippen LogP contribution in [0, 0.1) is 35.5 Å². The molecule has 0 saturated carbocycles. The Morgan fingerprint density at radius 1 is 0.309 bits per heavy atom. The van der Waals surface area contributed by atoms with Gasteiger partial charge in [0.05, 0.1) is 0 Å². The molecule has 0 aromatic rings. The van der Waals surface area contributed by atoms with Crippen molar-refractivity contribution in [2.75, 3.05) is 121 Å². The van der Waals surface area contributed by atoms with Crippen molar-refractivity contribution in [2.24, 2.45) is 35.5 Å². The number of hydrogen-bond acceptors (Lipinski definition) is 6. The predicted octanol–water partition coefficient (Wildman–Crippen LogP) is 10.4. The third-order valence-electron chi connectivity index (χ3n) is 13.9. The first-order valence-corrected chi connectivity index (χ1v) is 22.3. The highest BCUT2D eigenvalue weighted by Gasteiger charge is 2.22. The summed E-state index contributed by atoms with van der Waals surface area (Å²) in [6, 6.07) is 0. The van der Waals surface area contributed by atoms with Gasteiger partial charge in [-0.2, -0.15) is 0 Å². The Bertz CT molecular complexity index is 1070. The van der Waals surface area contributed by atoms with Crippen molar-refractivity contribution < 1.29 is 0 Å². The SMILES string of the molecule is C.CC1=C(C)CCN(C)CC1.CC1=C(C)CN(C)C1.CC1=C(C)CN(C)CC1.CC1CCN(C)CC1C.CC1CCN(C)CCC1C.CC1CN(C)CC1C. The fraction of sp³-hybridized carbons (Fsp3) is 0.878. The third-order valence-corrected chi connectivity index (χ3v) is 13.9. The highest BCUT2D eigenvalue weighted by molar-refractivity contribution is 5.18. The molecule has 55 heavy (non-hydrogen) atoms. The molecule has 3 fully saturated rings. The molecule has 6 rings (SSSR count). The van der Waals surface area contributed by atoms with Crippen molar-refractivity contribution in [3.8, 4) is 0 Å². The molecule has 0 aromatic carbocycles. The summed E-state index contributed by atoms with van der Waals surface area (Å²) in [5, 5.41) is 0. The molecular weight excluding hydrogens is 673 g/mol. The minimum atomic E-state index is 0. The molecule has 6 heteroatoms. The Hall–Kier alpha value is -1.02. The Balaban J connectivity index is 0.000000635. The first kappa shape index (κ1) is 54.0. The van der Waals surface area contributed by atoms with Crippen LogP contribution in [0.25, 0.3) is 0 Å². The van der Waals surface area contributed by atoms with Gasteiger partial charge in [-0.05, 0) is 177 Å². The van der Waals surface area contributed by atoms with E-state index in [4.69, 9.17) is 0 Å². The maximum atomic E-state index is 2.44. The Morgan fingerprint density at radius 2 is 0.582 bits per heavy atom. The van der Waals surface area contributed by atoms with Gasteiger partial charge >= 0.3 is 0 Å². The molecule has 0 aromatic heterocycles. The van der Waals surface area contributed by atoms with Gasteiger partial charge in [0, 0.05) is 58.9 Å². The molecule has 0 N–H and O–H groups in total.